The fourth-order valence-electron chi connectivity index (χ4n) is 3.37. The Morgan fingerprint density at radius 1 is 1.32 bits per heavy atom. The standard InChI is InChI=1S/C14H23N3O4.H2O/c1-8(2)12(20)17-6-4-5-14(17)7-16(13(14)21)10(9(3)18)11(15)19;/h8-10,18H,4-7H2,1-3H3,(H2,15,19);1H2/t9?,10?,14-;/m1./s1. The number of β-lactam (4-membered cyclic amide) rings is 1. The predicted octanol–water partition coefficient (Wildman–Crippen LogP) is -1.74. The number of hydrogen-bond acceptors (Lipinski definition) is 4. The average molecular weight is 315 g/mol. The van der Waals surface area contributed by atoms with Gasteiger partial charge in [0.1, 0.15) is 11.6 Å². The van der Waals surface area contributed by atoms with Crippen LogP contribution in [-0.2, 0) is 14.4 Å². The Hall–Kier alpha value is -1.67. The maximum absolute atomic E-state index is 12.6. The van der Waals surface area contributed by atoms with Crippen LogP contribution in [-0.4, -0.2) is 68.9 Å². The molecule has 0 aromatic carbocycles. The van der Waals surface area contributed by atoms with Crippen molar-refractivity contribution < 1.29 is 25.0 Å². The van der Waals surface area contributed by atoms with Gasteiger partial charge in [0, 0.05) is 12.5 Å². The molecule has 0 saturated carbocycles. The van der Waals surface area contributed by atoms with Gasteiger partial charge in [0.15, 0.2) is 0 Å². The van der Waals surface area contributed by atoms with Crippen molar-refractivity contribution in [2.75, 3.05) is 13.1 Å². The first-order valence-electron chi connectivity index (χ1n) is 7.32. The molecule has 5 N–H and O–H groups in total. The van der Waals surface area contributed by atoms with Crippen molar-refractivity contribution >= 4 is 17.7 Å². The topological polar surface area (TPSA) is 135 Å². The number of amides is 3. The Labute approximate surface area is 129 Å². The van der Waals surface area contributed by atoms with Crippen LogP contribution >= 0.6 is 0 Å². The number of likely N-dealkylation sites (tertiary alicyclic amines) is 2. The number of carbonyl (C=O) groups excluding carboxylic acids is 3. The van der Waals surface area contributed by atoms with E-state index in [4.69, 9.17) is 5.73 Å². The van der Waals surface area contributed by atoms with Gasteiger partial charge in [0.05, 0.1) is 12.6 Å². The highest BCUT2D eigenvalue weighted by atomic mass is 16.3. The van der Waals surface area contributed by atoms with E-state index in [-0.39, 0.29) is 29.8 Å². The Kier molecular flexibility index (Phi) is 5.19. The summed E-state index contributed by atoms with van der Waals surface area (Å²) in [6.45, 7) is 5.86. The number of nitrogens with zero attached hydrogens (tertiary/aromatic N) is 2. The Balaban J connectivity index is 0.00000242. The number of aliphatic hydroxyl groups excluding tert-OH is 1. The van der Waals surface area contributed by atoms with Gasteiger partial charge in [-0.15, -0.1) is 0 Å². The minimum atomic E-state index is -1.03. The Morgan fingerprint density at radius 3 is 2.32 bits per heavy atom. The lowest BCUT2D eigenvalue weighted by molar-refractivity contribution is -0.176. The molecular formula is C14H25N3O5. The summed E-state index contributed by atoms with van der Waals surface area (Å²) in [5.74, 6) is -1.23. The van der Waals surface area contributed by atoms with Gasteiger partial charge < -0.3 is 26.1 Å². The van der Waals surface area contributed by atoms with Crippen LogP contribution in [0.4, 0.5) is 0 Å². The van der Waals surface area contributed by atoms with E-state index in [1.807, 2.05) is 0 Å². The molecule has 0 aliphatic carbocycles. The number of aliphatic hydroxyl groups is 1. The van der Waals surface area contributed by atoms with Crippen molar-refractivity contribution in [1.29, 1.82) is 0 Å². The maximum atomic E-state index is 12.6. The molecule has 126 valence electrons. The lowest BCUT2D eigenvalue weighted by Gasteiger charge is -2.53. The lowest BCUT2D eigenvalue weighted by Crippen LogP contribution is -2.77. The van der Waals surface area contributed by atoms with Crippen LogP contribution in [0.2, 0.25) is 0 Å². The average Bonchev–Trinajstić information content (AvgIpc) is 2.82. The third-order valence-electron chi connectivity index (χ3n) is 4.42. The number of hydrogen-bond donors (Lipinski definition) is 2. The fraction of sp³-hybridized carbons (Fsp3) is 0.786. The molecule has 2 aliphatic heterocycles. The molecule has 1 spiro atoms. The minimum absolute atomic E-state index is 0. The zero-order valence-corrected chi connectivity index (χ0v) is 13.2. The van der Waals surface area contributed by atoms with E-state index in [2.05, 4.69) is 0 Å². The van der Waals surface area contributed by atoms with Gasteiger partial charge in [-0.1, -0.05) is 13.8 Å². The molecular weight excluding hydrogens is 290 g/mol. The number of carbonyl (C=O) groups is 3. The third-order valence-corrected chi connectivity index (χ3v) is 4.42. The molecule has 2 heterocycles. The van der Waals surface area contributed by atoms with E-state index in [9.17, 15) is 19.5 Å². The van der Waals surface area contributed by atoms with Crippen molar-refractivity contribution in [3.8, 4) is 0 Å². The van der Waals surface area contributed by atoms with Gasteiger partial charge in [0.25, 0.3) is 5.91 Å². The van der Waals surface area contributed by atoms with Crippen LogP contribution in [0.3, 0.4) is 0 Å². The zero-order valence-electron chi connectivity index (χ0n) is 13.2. The van der Waals surface area contributed by atoms with Gasteiger partial charge in [-0.05, 0) is 19.8 Å². The van der Waals surface area contributed by atoms with Crippen LogP contribution in [0.15, 0.2) is 0 Å². The summed E-state index contributed by atoms with van der Waals surface area (Å²) in [6.07, 6.45) is 0.347. The van der Waals surface area contributed by atoms with Crippen molar-refractivity contribution in [3.05, 3.63) is 0 Å². The van der Waals surface area contributed by atoms with Crippen LogP contribution in [0.1, 0.15) is 33.6 Å². The summed E-state index contributed by atoms with van der Waals surface area (Å²) in [5, 5.41) is 9.66. The van der Waals surface area contributed by atoms with Gasteiger partial charge in [-0.25, -0.2) is 0 Å². The number of rotatable bonds is 4. The smallest absolute Gasteiger partial charge is 0.251 e. The molecule has 0 aromatic heterocycles. The molecule has 2 saturated heterocycles. The molecule has 2 rings (SSSR count). The van der Waals surface area contributed by atoms with E-state index < -0.39 is 23.6 Å². The van der Waals surface area contributed by atoms with E-state index in [1.54, 1.807) is 18.7 Å². The Bertz CT molecular complexity index is 479. The van der Waals surface area contributed by atoms with Crippen LogP contribution in [0.5, 0.6) is 0 Å². The SMILES string of the molecule is CC(C)C(=O)N1CCC[C@]12CN(C(C(N)=O)C(C)O)C2=O.O. The van der Waals surface area contributed by atoms with Crippen molar-refractivity contribution in [3.63, 3.8) is 0 Å². The lowest BCUT2D eigenvalue weighted by atomic mass is 9.83. The second-order valence-corrected chi connectivity index (χ2v) is 6.30. The molecule has 2 fully saturated rings. The number of primary amides is 1. The highest BCUT2D eigenvalue weighted by Gasteiger charge is 2.62. The summed E-state index contributed by atoms with van der Waals surface area (Å²) < 4.78 is 0. The summed E-state index contributed by atoms with van der Waals surface area (Å²) in [7, 11) is 0. The summed E-state index contributed by atoms with van der Waals surface area (Å²) >= 11 is 0. The normalized spacial score (nSPS) is 26.7. The van der Waals surface area contributed by atoms with E-state index >= 15 is 0 Å². The van der Waals surface area contributed by atoms with Gasteiger partial charge >= 0.3 is 0 Å². The summed E-state index contributed by atoms with van der Waals surface area (Å²) in [6, 6.07) is -1.03. The minimum Gasteiger partial charge on any atom is -0.412 e. The third kappa shape index (κ3) is 2.56. The molecule has 2 aliphatic rings. The predicted molar refractivity (Wildman–Crippen MR) is 78.5 cm³/mol. The molecule has 3 amide bonds. The second-order valence-electron chi connectivity index (χ2n) is 6.30. The monoisotopic (exact) mass is 315 g/mol. The van der Waals surface area contributed by atoms with E-state index in [0.717, 1.165) is 6.42 Å². The fourth-order valence-corrected chi connectivity index (χ4v) is 3.37. The van der Waals surface area contributed by atoms with Gasteiger partial charge in [-0.2, -0.15) is 0 Å². The van der Waals surface area contributed by atoms with Crippen molar-refractivity contribution in [2.24, 2.45) is 11.7 Å². The maximum Gasteiger partial charge on any atom is 0.251 e. The first-order valence-corrected chi connectivity index (χ1v) is 7.32. The van der Waals surface area contributed by atoms with E-state index in [1.165, 1.54) is 11.8 Å². The summed E-state index contributed by atoms with van der Waals surface area (Å²) in [5.41, 5.74) is 4.44. The molecule has 22 heavy (non-hydrogen) atoms. The molecule has 8 nitrogen and oxygen atoms in total. The van der Waals surface area contributed by atoms with Crippen LogP contribution in [0.25, 0.3) is 0 Å². The highest BCUT2D eigenvalue weighted by molar-refractivity contribution is 6.00. The molecule has 8 heteroatoms. The largest absolute Gasteiger partial charge is 0.412 e. The van der Waals surface area contributed by atoms with E-state index in [0.29, 0.717) is 13.0 Å². The zero-order chi connectivity index (χ0) is 15.9. The van der Waals surface area contributed by atoms with Crippen LogP contribution < -0.4 is 5.73 Å². The quantitative estimate of drug-likeness (QED) is 0.595. The first-order chi connectivity index (χ1) is 9.72. The highest BCUT2D eigenvalue weighted by Crippen LogP contribution is 2.41. The molecule has 2 unspecified atom stereocenters. The molecule has 0 bridgehead atoms. The first kappa shape index (κ1) is 18.4. The van der Waals surface area contributed by atoms with Gasteiger partial charge in [0.2, 0.25) is 11.8 Å². The van der Waals surface area contributed by atoms with Crippen LogP contribution in [0, 0.1) is 5.92 Å². The summed E-state index contributed by atoms with van der Waals surface area (Å²) in [4.78, 5) is 39.2. The molecule has 0 radical (unpaired) electrons. The Morgan fingerprint density at radius 2 is 1.91 bits per heavy atom. The number of nitrogens with two attached hydrogens (primary N) is 1. The molecule has 3 atom stereocenters. The second kappa shape index (κ2) is 6.21. The van der Waals surface area contributed by atoms with Crippen molar-refractivity contribution in [1.82, 2.24) is 9.80 Å². The van der Waals surface area contributed by atoms with Crippen molar-refractivity contribution in [2.45, 2.75) is 51.3 Å². The van der Waals surface area contributed by atoms with Gasteiger partial charge in [-0.3, -0.25) is 14.4 Å². The molecule has 0 aromatic rings.